The van der Waals surface area contributed by atoms with E-state index >= 15 is 0 Å². The number of hydrogen-bond donors (Lipinski definition) is 2. The Morgan fingerprint density at radius 1 is 1.25 bits per heavy atom. The Bertz CT molecular complexity index is 252. The summed E-state index contributed by atoms with van der Waals surface area (Å²) in [6.07, 6.45) is 3.13. The maximum Gasteiger partial charge on any atom is 0.208 e. The van der Waals surface area contributed by atoms with Gasteiger partial charge in [-0.15, -0.1) is 0 Å². The topological polar surface area (TPSA) is 62.9 Å². The molecule has 0 spiro atoms. The second-order valence-corrected chi connectivity index (χ2v) is 5.42. The SMILES string of the molecule is CCOCCCN=C(NN)N(CC(C)C)C(CC)CC. The minimum absolute atomic E-state index is 0.485. The van der Waals surface area contributed by atoms with Crippen molar-refractivity contribution in [3.63, 3.8) is 0 Å². The van der Waals surface area contributed by atoms with Gasteiger partial charge in [-0.05, 0) is 32.1 Å². The first-order chi connectivity index (χ1) is 9.60. The number of nitrogens with one attached hydrogen (secondary N) is 1. The number of hydrogen-bond acceptors (Lipinski definition) is 3. The van der Waals surface area contributed by atoms with Crippen LogP contribution in [0.15, 0.2) is 4.99 Å². The number of hydrazine groups is 1. The van der Waals surface area contributed by atoms with Crippen LogP contribution >= 0.6 is 0 Å². The van der Waals surface area contributed by atoms with Crippen molar-refractivity contribution < 1.29 is 4.74 Å². The normalized spacial score (nSPS) is 12.3. The maximum atomic E-state index is 5.68. The molecular weight excluding hydrogens is 252 g/mol. The van der Waals surface area contributed by atoms with Gasteiger partial charge in [0.1, 0.15) is 0 Å². The van der Waals surface area contributed by atoms with Gasteiger partial charge in [-0.2, -0.15) is 0 Å². The number of rotatable bonds is 10. The minimum atomic E-state index is 0.485. The lowest BCUT2D eigenvalue weighted by molar-refractivity contribution is 0.146. The Labute approximate surface area is 124 Å². The molecule has 0 heterocycles. The van der Waals surface area contributed by atoms with Crippen LogP contribution in [0.25, 0.3) is 0 Å². The first kappa shape index (κ1) is 19.2. The molecule has 0 aromatic rings. The minimum Gasteiger partial charge on any atom is -0.382 e. The monoisotopic (exact) mass is 286 g/mol. The van der Waals surface area contributed by atoms with Crippen LogP contribution in [0.5, 0.6) is 0 Å². The average molecular weight is 286 g/mol. The lowest BCUT2D eigenvalue weighted by Gasteiger charge is -2.34. The summed E-state index contributed by atoms with van der Waals surface area (Å²) in [6, 6.07) is 0.485. The quantitative estimate of drug-likeness (QED) is 0.213. The summed E-state index contributed by atoms with van der Waals surface area (Å²) in [5, 5.41) is 0. The van der Waals surface area contributed by atoms with E-state index in [0.29, 0.717) is 12.0 Å². The Kier molecular flexibility index (Phi) is 11.5. The first-order valence-electron chi connectivity index (χ1n) is 7.95. The molecule has 0 atom stereocenters. The summed E-state index contributed by atoms with van der Waals surface area (Å²) in [5.41, 5.74) is 2.78. The van der Waals surface area contributed by atoms with Crippen molar-refractivity contribution in [1.82, 2.24) is 10.3 Å². The third-order valence-electron chi connectivity index (χ3n) is 3.26. The summed E-state index contributed by atoms with van der Waals surface area (Å²) >= 11 is 0. The Hall–Kier alpha value is -0.810. The molecule has 0 aliphatic heterocycles. The fourth-order valence-electron chi connectivity index (χ4n) is 2.25. The molecule has 0 rings (SSSR count). The number of aliphatic imine (C=N–C) groups is 1. The van der Waals surface area contributed by atoms with Crippen LogP contribution in [0.1, 0.15) is 53.9 Å². The van der Waals surface area contributed by atoms with Crippen LogP contribution in [0.3, 0.4) is 0 Å². The molecule has 0 bridgehead atoms. The lowest BCUT2D eigenvalue weighted by atomic mass is 10.1. The van der Waals surface area contributed by atoms with Gasteiger partial charge in [0, 0.05) is 32.3 Å². The molecular formula is C15H34N4O. The third kappa shape index (κ3) is 7.70. The smallest absolute Gasteiger partial charge is 0.208 e. The third-order valence-corrected chi connectivity index (χ3v) is 3.26. The van der Waals surface area contributed by atoms with Crippen molar-refractivity contribution >= 4 is 5.96 Å². The van der Waals surface area contributed by atoms with E-state index in [1.165, 1.54) is 0 Å². The first-order valence-corrected chi connectivity index (χ1v) is 7.95. The highest BCUT2D eigenvalue weighted by atomic mass is 16.5. The maximum absolute atomic E-state index is 5.68. The van der Waals surface area contributed by atoms with E-state index in [4.69, 9.17) is 10.6 Å². The molecule has 0 saturated carbocycles. The van der Waals surface area contributed by atoms with Gasteiger partial charge in [0.05, 0.1) is 0 Å². The number of nitrogens with two attached hydrogens (primary N) is 1. The highest BCUT2D eigenvalue weighted by molar-refractivity contribution is 5.79. The van der Waals surface area contributed by atoms with Gasteiger partial charge in [0.15, 0.2) is 0 Å². The van der Waals surface area contributed by atoms with Gasteiger partial charge in [-0.1, -0.05) is 27.7 Å². The van der Waals surface area contributed by atoms with Crippen LogP contribution in [-0.4, -0.2) is 43.2 Å². The van der Waals surface area contributed by atoms with Crippen molar-refractivity contribution in [1.29, 1.82) is 0 Å². The zero-order valence-corrected chi connectivity index (χ0v) is 14.0. The number of nitrogens with zero attached hydrogens (tertiary/aromatic N) is 2. The van der Waals surface area contributed by atoms with Gasteiger partial charge >= 0.3 is 0 Å². The zero-order valence-electron chi connectivity index (χ0n) is 14.0. The predicted molar refractivity (Wildman–Crippen MR) is 86.6 cm³/mol. The van der Waals surface area contributed by atoms with Crippen molar-refractivity contribution in [2.75, 3.05) is 26.3 Å². The summed E-state index contributed by atoms with van der Waals surface area (Å²) in [7, 11) is 0. The molecule has 0 fully saturated rings. The van der Waals surface area contributed by atoms with Crippen molar-refractivity contribution in [3.8, 4) is 0 Å². The standard InChI is InChI=1S/C15H34N4O/c1-6-14(7-2)19(12-13(4)5)15(18-16)17-10-9-11-20-8-3/h13-14H,6-12,16H2,1-5H3,(H,17,18). The van der Waals surface area contributed by atoms with E-state index < -0.39 is 0 Å². The van der Waals surface area contributed by atoms with Crippen LogP contribution in [0.4, 0.5) is 0 Å². The summed E-state index contributed by atoms with van der Waals surface area (Å²) < 4.78 is 5.33. The molecule has 0 aliphatic rings. The lowest BCUT2D eigenvalue weighted by Crippen LogP contribution is -2.50. The molecule has 0 amide bonds. The van der Waals surface area contributed by atoms with Crippen LogP contribution < -0.4 is 11.3 Å². The highest BCUT2D eigenvalue weighted by Gasteiger charge is 2.19. The van der Waals surface area contributed by atoms with E-state index in [9.17, 15) is 0 Å². The Morgan fingerprint density at radius 3 is 2.35 bits per heavy atom. The van der Waals surface area contributed by atoms with Crippen molar-refractivity contribution in [3.05, 3.63) is 0 Å². The van der Waals surface area contributed by atoms with Crippen molar-refractivity contribution in [2.24, 2.45) is 16.8 Å². The molecule has 0 unspecified atom stereocenters. The highest BCUT2D eigenvalue weighted by Crippen LogP contribution is 2.11. The van der Waals surface area contributed by atoms with Gasteiger partial charge in [0.2, 0.25) is 5.96 Å². The number of guanidine groups is 1. The molecule has 0 radical (unpaired) electrons. The van der Waals surface area contributed by atoms with E-state index in [1.54, 1.807) is 0 Å². The van der Waals surface area contributed by atoms with Crippen molar-refractivity contribution in [2.45, 2.75) is 59.9 Å². The molecule has 20 heavy (non-hydrogen) atoms. The second kappa shape index (κ2) is 12.0. The molecule has 0 aliphatic carbocycles. The molecule has 5 nitrogen and oxygen atoms in total. The predicted octanol–water partition coefficient (Wildman–Crippen LogP) is 2.38. The average Bonchev–Trinajstić information content (AvgIpc) is 2.43. The van der Waals surface area contributed by atoms with E-state index in [1.807, 2.05) is 6.92 Å². The van der Waals surface area contributed by atoms with Gasteiger partial charge in [-0.25, -0.2) is 5.84 Å². The summed E-state index contributed by atoms with van der Waals surface area (Å²) in [5.74, 6) is 7.07. The van der Waals surface area contributed by atoms with Gasteiger partial charge in [-0.3, -0.25) is 10.4 Å². The largest absolute Gasteiger partial charge is 0.382 e. The molecule has 0 aromatic heterocycles. The fraction of sp³-hybridized carbons (Fsp3) is 0.933. The number of ether oxygens (including phenoxy) is 1. The van der Waals surface area contributed by atoms with Crippen LogP contribution in [-0.2, 0) is 4.74 Å². The summed E-state index contributed by atoms with van der Waals surface area (Å²) in [6.45, 7) is 14.1. The fourth-order valence-corrected chi connectivity index (χ4v) is 2.25. The summed E-state index contributed by atoms with van der Waals surface area (Å²) in [4.78, 5) is 6.92. The van der Waals surface area contributed by atoms with E-state index in [2.05, 4.69) is 43.0 Å². The Balaban J connectivity index is 4.65. The van der Waals surface area contributed by atoms with Gasteiger partial charge in [0.25, 0.3) is 0 Å². The molecule has 5 heteroatoms. The van der Waals surface area contributed by atoms with E-state index in [0.717, 1.165) is 51.5 Å². The molecule has 120 valence electrons. The second-order valence-electron chi connectivity index (χ2n) is 5.42. The van der Waals surface area contributed by atoms with Crippen LogP contribution in [0, 0.1) is 5.92 Å². The zero-order chi connectivity index (χ0) is 15.4. The van der Waals surface area contributed by atoms with Crippen LogP contribution in [0.2, 0.25) is 0 Å². The van der Waals surface area contributed by atoms with Gasteiger partial charge < -0.3 is 9.64 Å². The molecule has 3 N–H and O–H groups in total. The molecule has 0 saturated heterocycles. The molecule has 0 aromatic carbocycles. The van der Waals surface area contributed by atoms with E-state index in [-0.39, 0.29) is 0 Å². The Morgan fingerprint density at radius 2 is 1.90 bits per heavy atom.